The zero-order valence-corrected chi connectivity index (χ0v) is 10.2. The van der Waals surface area contributed by atoms with Gasteiger partial charge in [-0.15, -0.1) is 11.3 Å². The van der Waals surface area contributed by atoms with Gasteiger partial charge in [-0.05, 0) is 35.6 Å². The van der Waals surface area contributed by atoms with Gasteiger partial charge >= 0.3 is 0 Å². The van der Waals surface area contributed by atoms with E-state index >= 15 is 0 Å². The van der Waals surface area contributed by atoms with Crippen LogP contribution in [0.5, 0.6) is 0 Å². The minimum atomic E-state index is 1.11. The monoisotopic (exact) mass is 226 g/mol. The number of aryl methyl sites for hydroxylation is 1. The first-order valence-corrected chi connectivity index (χ1v) is 6.41. The lowest BCUT2D eigenvalue weighted by molar-refractivity contribution is 0.921. The smallest absolute Gasteiger partial charge is 0.0772 e. The van der Waals surface area contributed by atoms with E-state index in [0.717, 1.165) is 16.9 Å². The molecular formula is C15H14S. The van der Waals surface area contributed by atoms with E-state index in [1.807, 2.05) is 12.1 Å². The summed E-state index contributed by atoms with van der Waals surface area (Å²) in [6.07, 6.45) is 2.32. The molecule has 1 heterocycles. The fraction of sp³-hybridized carbons (Fsp3) is 0.200. The second-order valence-electron chi connectivity index (χ2n) is 3.68. The fourth-order valence-corrected chi connectivity index (χ4v) is 2.15. The van der Waals surface area contributed by atoms with Crippen LogP contribution in [-0.2, 0) is 6.42 Å². The van der Waals surface area contributed by atoms with Gasteiger partial charge in [-0.1, -0.05) is 43.4 Å². The SMILES string of the molecule is CCCc1cccc(C#Cc2cccs2)c1. The molecule has 0 aliphatic carbocycles. The molecule has 1 heteroatoms. The van der Waals surface area contributed by atoms with E-state index in [2.05, 4.69) is 48.4 Å². The summed E-state index contributed by atoms with van der Waals surface area (Å²) < 4.78 is 0. The molecule has 0 aliphatic heterocycles. The molecule has 0 saturated carbocycles. The van der Waals surface area contributed by atoms with Crippen LogP contribution in [0.15, 0.2) is 41.8 Å². The molecule has 0 nitrogen and oxygen atoms in total. The van der Waals surface area contributed by atoms with E-state index in [1.54, 1.807) is 11.3 Å². The number of rotatable bonds is 2. The zero-order chi connectivity index (χ0) is 11.2. The summed E-state index contributed by atoms with van der Waals surface area (Å²) >= 11 is 1.68. The summed E-state index contributed by atoms with van der Waals surface area (Å²) in [4.78, 5) is 1.13. The maximum atomic E-state index is 3.21. The predicted molar refractivity (Wildman–Crippen MR) is 70.7 cm³/mol. The molecule has 0 amide bonds. The number of thiophene rings is 1. The molecule has 1 aromatic heterocycles. The Hall–Kier alpha value is -1.52. The van der Waals surface area contributed by atoms with Crippen molar-refractivity contribution in [2.24, 2.45) is 0 Å². The van der Waals surface area contributed by atoms with Gasteiger partial charge in [-0.25, -0.2) is 0 Å². The highest BCUT2D eigenvalue weighted by atomic mass is 32.1. The summed E-state index contributed by atoms with van der Waals surface area (Å²) in [6.45, 7) is 2.20. The third-order valence-electron chi connectivity index (χ3n) is 2.32. The maximum Gasteiger partial charge on any atom is 0.0772 e. The number of hydrogen-bond donors (Lipinski definition) is 0. The topological polar surface area (TPSA) is 0 Å². The Morgan fingerprint density at radius 1 is 1.12 bits per heavy atom. The summed E-state index contributed by atoms with van der Waals surface area (Å²) in [5.74, 6) is 6.39. The van der Waals surface area contributed by atoms with Crippen molar-refractivity contribution in [1.29, 1.82) is 0 Å². The van der Waals surface area contributed by atoms with E-state index < -0.39 is 0 Å². The molecule has 0 N–H and O–H groups in total. The molecule has 0 aliphatic rings. The minimum absolute atomic E-state index is 1.11. The third-order valence-corrected chi connectivity index (χ3v) is 3.10. The van der Waals surface area contributed by atoms with Crippen LogP contribution in [0.1, 0.15) is 29.3 Å². The van der Waals surface area contributed by atoms with Crippen molar-refractivity contribution < 1.29 is 0 Å². The number of benzene rings is 1. The molecule has 16 heavy (non-hydrogen) atoms. The zero-order valence-electron chi connectivity index (χ0n) is 9.36. The second-order valence-corrected chi connectivity index (χ2v) is 4.63. The predicted octanol–water partition coefficient (Wildman–Crippen LogP) is 4.10. The summed E-state index contributed by atoms with van der Waals surface area (Å²) in [7, 11) is 0. The van der Waals surface area contributed by atoms with E-state index in [4.69, 9.17) is 0 Å². The molecule has 2 aromatic rings. The maximum absolute atomic E-state index is 3.21. The van der Waals surface area contributed by atoms with Crippen molar-refractivity contribution in [2.75, 3.05) is 0 Å². The Labute approximate surface area is 101 Å². The van der Waals surface area contributed by atoms with Crippen molar-refractivity contribution in [1.82, 2.24) is 0 Å². The Bertz CT molecular complexity index is 498. The van der Waals surface area contributed by atoms with Crippen LogP contribution in [-0.4, -0.2) is 0 Å². The summed E-state index contributed by atoms with van der Waals surface area (Å²) in [5.41, 5.74) is 2.49. The van der Waals surface area contributed by atoms with Crippen molar-refractivity contribution in [3.05, 3.63) is 57.8 Å². The van der Waals surface area contributed by atoms with Crippen LogP contribution >= 0.6 is 11.3 Å². The Morgan fingerprint density at radius 3 is 2.81 bits per heavy atom. The lowest BCUT2D eigenvalue weighted by Crippen LogP contribution is -1.83. The van der Waals surface area contributed by atoms with Crippen LogP contribution in [0.3, 0.4) is 0 Å². The molecule has 0 unspecified atom stereocenters. The summed E-state index contributed by atoms with van der Waals surface area (Å²) in [5, 5.41) is 2.05. The van der Waals surface area contributed by atoms with Gasteiger partial charge in [0.05, 0.1) is 4.88 Å². The van der Waals surface area contributed by atoms with Gasteiger partial charge in [0.1, 0.15) is 0 Å². The molecule has 2 rings (SSSR count). The molecule has 1 aromatic carbocycles. The van der Waals surface area contributed by atoms with Gasteiger partial charge in [0.2, 0.25) is 0 Å². The van der Waals surface area contributed by atoms with E-state index in [9.17, 15) is 0 Å². The van der Waals surface area contributed by atoms with Crippen molar-refractivity contribution >= 4 is 11.3 Å². The normalized spacial score (nSPS) is 9.56. The molecule has 0 fully saturated rings. The molecular weight excluding hydrogens is 212 g/mol. The van der Waals surface area contributed by atoms with Gasteiger partial charge in [0.25, 0.3) is 0 Å². The number of hydrogen-bond acceptors (Lipinski definition) is 1. The highest BCUT2D eigenvalue weighted by Crippen LogP contribution is 2.09. The molecule has 0 spiro atoms. The molecule has 0 saturated heterocycles. The molecule has 0 atom stereocenters. The summed E-state index contributed by atoms with van der Waals surface area (Å²) in [6, 6.07) is 12.6. The quantitative estimate of drug-likeness (QED) is 0.676. The van der Waals surface area contributed by atoms with Crippen LogP contribution in [0.2, 0.25) is 0 Å². The first-order chi connectivity index (χ1) is 7.88. The average molecular weight is 226 g/mol. The van der Waals surface area contributed by atoms with E-state index in [0.29, 0.717) is 0 Å². The van der Waals surface area contributed by atoms with Crippen molar-refractivity contribution in [2.45, 2.75) is 19.8 Å². The third kappa shape index (κ3) is 2.98. The highest BCUT2D eigenvalue weighted by molar-refractivity contribution is 7.10. The standard InChI is InChI=1S/C15H14S/c1-2-5-13-6-3-7-14(12-13)9-10-15-8-4-11-16-15/h3-4,6-8,11-12H,2,5H2,1H3. The Balaban J connectivity index is 2.18. The first kappa shape index (κ1) is 11.0. The van der Waals surface area contributed by atoms with Crippen molar-refractivity contribution in [3.63, 3.8) is 0 Å². The van der Waals surface area contributed by atoms with Gasteiger partial charge < -0.3 is 0 Å². The van der Waals surface area contributed by atoms with Crippen LogP contribution in [0, 0.1) is 11.8 Å². The van der Waals surface area contributed by atoms with Crippen LogP contribution < -0.4 is 0 Å². The molecule has 0 bridgehead atoms. The first-order valence-electron chi connectivity index (χ1n) is 5.53. The average Bonchev–Trinajstić information content (AvgIpc) is 2.80. The largest absolute Gasteiger partial charge is 0.135 e. The van der Waals surface area contributed by atoms with Crippen LogP contribution in [0.25, 0.3) is 0 Å². The molecule has 80 valence electrons. The lowest BCUT2D eigenvalue weighted by Gasteiger charge is -1.98. The van der Waals surface area contributed by atoms with E-state index in [1.165, 1.54) is 12.0 Å². The molecule has 0 radical (unpaired) electrons. The van der Waals surface area contributed by atoms with Gasteiger partial charge in [0.15, 0.2) is 0 Å². The Kier molecular flexibility index (Phi) is 3.80. The Morgan fingerprint density at radius 2 is 2.06 bits per heavy atom. The second kappa shape index (κ2) is 5.53. The van der Waals surface area contributed by atoms with Gasteiger partial charge in [-0.2, -0.15) is 0 Å². The van der Waals surface area contributed by atoms with Gasteiger partial charge in [0, 0.05) is 5.56 Å². The fourth-order valence-electron chi connectivity index (χ4n) is 1.58. The van der Waals surface area contributed by atoms with E-state index in [-0.39, 0.29) is 0 Å². The lowest BCUT2D eigenvalue weighted by atomic mass is 10.1. The highest BCUT2D eigenvalue weighted by Gasteiger charge is 1.92. The van der Waals surface area contributed by atoms with Crippen molar-refractivity contribution in [3.8, 4) is 11.8 Å². The van der Waals surface area contributed by atoms with Crippen LogP contribution in [0.4, 0.5) is 0 Å². The van der Waals surface area contributed by atoms with Gasteiger partial charge in [-0.3, -0.25) is 0 Å². The minimum Gasteiger partial charge on any atom is -0.135 e.